The predicted molar refractivity (Wildman–Crippen MR) is 123 cm³/mol. The minimum Gasteiger partial charge on any atom is -0.366 e. The van der Waals surface area contributed by atoms with Crippen LogP contribution in [0.15, 0.2) is 30.3 Å². The minimum absolute atomic E-state index is 0.0264. The maximum absolute atomic E-state index is 14.1. The zero-order valence-electron chi connectivity index (χ0n) is 19.3. The molecular weight excluding hydrogens is 470 g/mol. The highest BCUT2D eigenvalue weighted by molar-refractivity contribution is 7.12. The number of rotatable bonds is 10. The van der Waals surface area contributed by atoms with Gasteiger partial charge in [-0.15, -0.1) is 11.3 Å². The zero-order chi connectivity index (χ0) is 25.3. The van der Waals surface area contributed by atoms with Gasteiger partial charge in [0.15, 0.2) is 0 Å². The molecule has 34 heavy (non-hydrogen) atoms. The van der Waals surface area contributed by atoms with Crippen LogP contribution in [-0.2, 0) is 11.2 Å². The highest BCUT2D eigenvalue weighted by Crippen LogP contribution is 2.66. The van der Waals surface area contributed by atoms with Gasteiger partial charge in [-0.25, -0.2) is 4.39 Å². The highest BCUT2D eigenvalue weighted by atomic mass is 32.1. The first-order valence-electron chi connectivity index (χ1n) is 11.0. The first kappa shape index (κ1) is 26.2. The number of halogens is 4. The van der Waals surface area contributed by atoms with Crippen molar-refractivity contribution >= 4 is 23.2 Å². The number of thiophene rings is 1. The number of nitrogens with zero attached hydrogens (tertiary/aromatic N) is 1. The number of nitrogens with one attached hydrogen (secondary N) is 1. The molecule has 0 radical (unpaired) electrons. The van der Waals surface area contributed by atoms with Crippen molar-refractivity contribution in [1.82, 2.24) is 10.2 Å². The molecule has 3 N–H and O–H groups in total. The summed E-state index contributed by atoms with van der Waals surface area (Å²) in [6.07, 6.45) is -4.20. The van der Waals surface area contributed by atoms with Gasteiger partial charge in [0, 0.05) is 34.7 Å². The Balaban J connectivity index is 1.68. The van der Waals surface area contributed by atoms with Gasteiger partial charge in [0.25, 0.3) is 5.91 Å². The van der Waals surface area contributed by atoms with Crippen molar-refractivity contribution in [2.24, 2.45) is 11.1 Å². The molecule has 0 unspecified atom stereocenters. The van der Waals surface area contributed by atoms with E-state index in [1.54, 1.807) is 32.3 Å². The Bertz CT molecular complexity index is 1050. The highest BCUT2D eigenvalue weighted by Gasteiger charge is 2.67. The summed E-state index contributed by atoms with van der Waals surface area (Å²) in [7, 11) is 3.59. The molecule has 1 heterocycles. The SMILES string of the molecule is Cc1ccc([C@H](CC(=O)NC[C@H](Cc2ccc(C(N)=O)c(F)c2)N(C)C)C2(C(F)(F)F)CC2)s1. The van der Waals surface area contributed by atoms with Gasteiger partial charge in [-0.05, 0) is 70.1 Å². The van der Waals surface area contributed by atoms with Crippen molar-refractivity contribution < 1.29 is 27.2 Å². The number of amides is 2. The zero-order valence-corrected chi connectivity index (χ0v) is 20.2. The lowest BCUT2D eigenvalue weighted by molar-refractivity contribution is -0.194. The van der Waals surface area contributed by atoms with E-state index < -0.39 is 35.1 Å². The topological polar surface area (TPSA) is 75.4 Å². The van der Waals surface area contributed by atoms with Gasteiger partial charge in [-0.3, -0.25) is 9.59 Å². The minimum atomic E-state index is -4.37. The third kappa shape index (κ3) is 5.78. The molecule has 0 aliphatic heterocycles. The number of likely N-dealkylation sites (N-methyl/N-ethyl adjacent to an activating group) is 1. The second-order valence-corrected chi connectivity index (χ2v) is 10.5. The van der Waals surface area contributed by atoms with E-state index >= 15 is 0 Å². The van der Waals surface area contributed by atoms with E-state index in [2.05, 4.69) is 5.32 Å². The lowest BCUT2D eigenvalue weighted by Crippen LogP contribution is -2.42. The molecule has 186 valence electrons. The van der Waals surface area contributed by atoms with Crippen LogP contribution in [0.1, 0.15) is 50.9 Å². The van der Waals surface area contributed by atoms with Crippen LogP contribution in [0.25, 0.3) is 0 Å². The van der Waals surface area contributed by atoms with Gasteiger partial charge >= 0.3 is 6.18 Å². The van der Waals surface area contributed by atoms with E-state index in [1.807, 2.05) is 11.8 Å². The van der Waals surface area contributed by atoms with Crippen LogP contribution in [0.5, 0.6) is 0 Å². The molecule has 1 saturated carbocycles. The summed E-state index contributed by atoms with van der Waals surface area (Å²) in [5.41, 5.74) is 3.70. The quantitative estimate of drug-likeness (QED) is 0.476. The first-order valence-corrected chi connectivity index (χ1v) is 11.8. The molecule has 2 atom stereocenters. The van der Waals surface area contributed by atoms with Crippen LogP contribution in [0.3, 0.4) is 0 Å². The molecule has 2 amide bonds. The fourth-order valence-corrected chi connectivity index (χ4v) is 5.35. The lowest BCUT2D eigenvalue weighted by atomic mass is 9.84. The largest absolute Gasteiger partial charge is 0.395 e. The average molecular weight is 500 g/mol. The summed E-state index contributed by atoms with van der Waals surface area (Å²) in [5, 5.41) is 2.78. The van der Waals surface area contributed by atoms with E-state index in [9.17, 15) is 27.2 Å². The predicted octanol–water partition coefficient (Wildman–Crippen LogP) is 4.40. The van der Waals surface area contributed by atoms with E-state index in [1.165, 1.54) is 23.5 Å². The van der Waals surface area contributed by atoms with Crippen LogP contribution in [0.4, 0.5) is 17.6 Å². The van der Waals surface area contributed by atoms with Crippen molar-refractivity contribution in [2.75, 3.05) is 20.6 Å². The Labute approximate surface area is 200 Å². The Hall–Kier alpha value is -2.46. The summed E-state index contributed by atoms with van der Waals surface area (Å²) < 4.78 is 55.7. The van der Waals surface area contributed by atoms with Gasteiger partial charge in [0.05, 0.1) is 11.0 Å². The van der Waals surface area contributed by atoms with Crippen LogP contribution < -0.4 is 11.1 Å². The summed E-state index contributed by atoms with van der Waals surface area (Å²) in [5.74, 6) is -2.95. The van der Waals surface area contributed by atoms with Gasteiger partial charge < -0.3 is 16.0 Å². The number of hydrogen-bond acceptors (Lipinski definition) is 4. The van der Waals surface area contributed by atoms with E-state index in [-0.39, 0.29) is 37.4 Å². The second kappa shape index (κ2) is 10.0. The number of aryl methyl sites for hydroxylation is 1. The van der Waals surface area contributed by atoms with Crippen LogP contribution in [0, 0.1) is 18.2 Å². The van der Waals surface area contributed by atoms with Gasteiger partial charge in [0.1, 0.15) is 5.82 Å². The first-order chi connectivity index (χ1) is 15.8. The van der Waals surface area contributed by atoms with E-state index in [4.69, 9.17) is 5.73 Å². The van der Waals surface area contributed by atoms with Gasteiger partial charge in [-0.1, -0.05) is 6.07 Å². The monoisotopic (exact) mass is 499 g/mol. The number of hydrogen-bond donors (Lipinski definition) is 2. The lowest BCUT2D eigenvalue weighted by Gasteiger charge is -2.29. The fourth-order valence-electron chi connectivity index (χ4n) is 4.26. The summed E-state index contributed by atoms with van der Waals surface area (Å²) in [4.78, 5) is 27.3. The van der Waals surface area contributed by atoms with Crippen molar-refractivity contribution in [2.45, 2.75) is 50.7 Å². The average Bonchev–Trinajstić information content (AvgIpc) is 3.44. The number of primary amides is 1. The Kier molecular flexibility index (Phi) is 7.72. The molecule has 1 aliphatic rings. The number of nitrogens with two attached hydrogens (primary N) is 1. The summed E-state index contributed by atoms with van der Waals surface area (Å²) in [6, 6.07) is 7.38. The molecule has 0 bridgehead atoms. The van der Waals surface area contributed by atoms with Crippen LogP contribution >= 0.6 is 11.3 Å². The smallest absolute Gasteiger partial charge is 0.366 e. The van der Waals surface area contributed by atoms with Crippen molar-refractivity contribution in [3.05, 3.63) is 57.0 Å². The van der Waals surface area contributed by atoms with E-state index in [0.29, 0.717) is 16.9 Å². The van der Waals surface area contributed by atoms with Crippen molar-refractivity contribution in [3.8, 4) is 0 Å². The number of carbonyl (C=O) groups is 2. The molecule has 1 aromatic heterocycles. The Morgan fingerprint density at radius 2 is 1.88 bits per heavy atom. The van der Waals surface area contributed by atoms with Crippen LogP contribution in [0.2, 0.25) is 0 Å². The Morgan fingerprint density at radius 3 is 2.35 bits per heavy atom. The fraction of sp³-hybridized carbons (Fsp3) is 0.500. The number of benzene rings is 1. The third-order valence-corrected chi connectivity index (χ3v) is 7.66. The maximum Gasteiger partial charge on any atom is 0.395 e. The van der Waals surface area contributed by atoms with Crippen molar-refractivity contribution in [3.63, 3.8) is 0 Å². The molecule has 1 fully saturated rings. The molecule has 5 nitrogen and oxygen atoms in total. The molecular formula is C24H29F4N3O2S. The summed E-state index contributed by atoms with van der Waals surface area (Å²) in [6.45, 7) is 2.01. The van der Waals surface area contributed by atoms with Gasteiger partial charge in [0.2, 0.25) is 5.91 Å². The summed E-state index contributed by atoms with van der Waals surface area (Å²) >= 11 is 1.30. The van der Waals surface area contributed by atoms with E-state index in [0.717, 1.165) is 4.88 Å². The number of alkyl halides is 3. The molecule has 0 spiro atoms. The molecule has 1 aliphatic carbocycles. The number of carbonyl (C=O) groups excluding carboxylic acids is 2. The second-order valence-electron chi connectivity index (χ2n) is 9.16. The molecule has 2 aromatic rings. The normalized spacial score (nSPS) is 16.8. The van der Waals surface area contributed by atoms with Crippen molar-refractivity contribution in [1.29, 1.82) is 0 Å². The molecule has 1 aromatic carbocycles. The third-order valence-electron chi connectivity index (χ3n) is 6.55. The van der Waals surface area contributed by atoms with Gasteiger partial charge in [-0.2, -0.15) is 13.2 Å². The molecule has 0 saturated heterocycles. The van der Waals surface area contributed by atoms with Crippen LogP contribution in [-0.4, -0.2) is 49.6 Å². The molecule has 3 rings (SSSR count). The standard InChI is InChI=1S/C24H29F4N3O2S/c1-14-4-7-20(34-14)18(23(8-9-23)24(26,27)28)12-21(32)30-13-16(31(2)3)10-15-5-6-17(22(29)33)19(25)11-15/h4-7,11,16,18H,8-10,12-13H2,1-3H3,(H2,29,33)(H,30,32)/t16-,18-/m0/s1. The maximum atomic E-state index is 14.1. The molecule has 10 heteroatoms. The Morgan fingerprint density at radius 1 is 1.21 bits per heavy atom.